The molecule has 3 rings (SSSR count). The molecule has 8 nitrogen and oxygen atoms in total. The van der Waals surface area contributed by atoms with Crippen LogP contribution in [0.15, 0.2) is 36.9 Å². The van der Waals surface area contributed by atoms with Gasteiger partial charge in [0, 0.05) is 44.9 Å². The summed E-state index contributed by atoms with van der Waals surface area (Å²) in [4.78, 5) is 23.2. The van der Waals surface area contributed by atoms with Crippen LogP contribution in [0.25, 0.3) is 11.3 Å². The lowest BCUT2D eigenvalue weighted by Crippen LogP contribution is -2.12. The zero-order chi connectivity index (χ0) is 19.6. The summed E-state index contributed by atoms with van der Waals surface area (Å²) in [5, 5.41) is 9.86. The summed E-state index contributed by atoms with van der Waals surface area (Å²) in [5.41, 5.74) is 1.26. The summed E-state index contributed by atoms with van der Waals surface area (Å²) in [7, 11) is 1.77. The number of pyridine rings is 1. The Hall–Kier alpha value is -3.43. The molecule has 1 amide bonds. The van der Waals surface area contributed by atoms with E-state index in [1.54, 1.807) is 30.1 Å². The average Bonchev–Trinajstić information content (AvgIpc) is 3.00. The predicted molar refractivity (Wildman–Crippen MR) is 95.6 cm³/mol. The molecule has 0 fully saturated rings. The lowest BCUT2D eigenvalue weighted by atomic mass is 10.1. The topological polar surface area (TPSA) is 97.6 Å². The third-order valence-electron chi connectivity index (χ3n) is 3.54. The molecule has 27 heavy (non-hydrogen) atoms. The van der Waals surface area contributed by atoms with E-state index in [0.717, 1.165) is 13.1 Å². The zero-order valence-electron chi connectivity index (χ0n) is 14.9. The number of hydrogen-bond acceptors (Lipinski definition) is 6. The van der Waals surface area contributed by atoms with Gasteiger partial charge >= 0.3 is 0 Å². The van der Waals surface area contributed by atoms with Gasteiger partial charge in [-0.1, -0.05) is 0 Å². The molecule has 0 aromatic carbocycles. The summed E-state index contributed by atoms with van der Waals surface area (Å²) < 4.78 is 28.7. The number of carbonyl (C=O) groups excluding carboxylic acids is 1. The van der Waals surface area contributed by atoms with Gasteiger partial charge in [-0.05, 0) is 6.07 Å². The second-order valence-electron chi connectivity index (χ2n) is 5.97. The van der Waals surface area contributed by atoms with Gasteiger partial charge in [0.05, 0.1) is 23.8 Å². The van der Waals surface area contributed by atoms with Gasteiger partial charge in [-0.3, -0.25) is 14.5 Å². The Labute approximate surface area is 153 Å². The van der Waals surface area contributed by atoms with E-state index in [0.29, 0.717) is 22.8 Å². The first kappa shape index (κ1) is 18.4. The molecule has 0 radical (unpaired) electrons. The van der Waals surface area contributed by atoms with Crippen LogP contribution in [0, 0.1) is 0 Å². The van der Waals surface area contributed by atoms with Crippen LogP contribution in [-0.2, 0) is 17.8 Å². The van der Waals surface area contributed by atoms with Crippen molar-refractivity contribution in [2.45, 2.75) is 19.8 Å². The molecule has 140 valence electrons. The number of carbonyl (C=O) groups is 1. The van der Waals surface area contributed by atoms with Crippen molar-refractivity contribution >= 4 is 23.2 Å². The molecular weight excluding hydrogens is 356 g/mol. The standard InChI is InChI=1S/C17H17F2N7O/c1-10(27)22-15-6-13(11(7-21-15)12-4-5-26(3)25-12)23-16-9-20-8-14(24-16)17(2,18)19/h4-9H,1-3H3,(H2,21,22,23,24,27). The first-order chi connectivity index (χ1) is 12.7. The van der Waals surface area contributed by atoms with E-state index in [2.05, 4.69) is 30.7 Å². The highest BCUT2D eigenvalue weighted by atomic mass is 19.3. The molecular formula is C17H17F2N7O. The summed E-state index contributed by atoms with van der Waals surface area (Å²) in [5.74, 6) is -2.97. The minimum Gasteiger partial charge on any atom is -0.338 e. The van der Waals surface area contributed by atoms with E-state index in [9.17, 15) is 13.6 Å². The summed E-state index contributed by atoms with van der Waals surface area (Å²) in [6.07, 6.45) is 5.64. The molecule has 3 aromatic rings. The second kappa shape index (κ2) is 7.06. The fraction of sp³-hybridized carbons (Fsp3) is 0.235. The van der Waals surface area contributed by atoms with Crippen molar-refractivity contribution in [3.05, 3.63) is 42.6 Å². The van der Waals surface area contributed by atoms with Crippen LogP contribution in [0.3, 0.4) is 0 Å². The minimum atomic E-state index is -3.12. The SMILES string of the molecule is CC(=O)Nc1cc(Nc2cncc(C(C)(F)F)n2)c(-c2ccn(C)n2)cn1. The van der Waals surface area contributed by atoms with Crippen LogP contribution in [0.1, 0.15) is 19.5 Å². The largest absolute Gasteiger partial charge is 0.338 e. The number of alkyl halides is 2. The number of halogens is 2. The van der Waals surface area contributed by atoms with Crippen LogP contribution in [0.2, 0.25) is 0 Å². The van der Waals surface area contributed by atoms with Crippen molar-refractivity contribution in [1.29, 1.82) is 0 Å². The maximum Gasteiger partial charge on any atom is 0.288 e. The van der Waals surface area contributed by atoms with E-state index in [1.165, 1.54) is 19.3 Å². The number of hydrogen-bond donors (Lipinski definition) is 2. The maximum atomic E-state index is 13.5. The van der Waals surface area contributed by atoms with Crippen LogP contribution >= 0.6 is 0 Å². The number of anilines is 3. The third kappa shape index (κ3) is 4.40. The average molecular weight is 373 g/mol. The molecule has 0 saturated heterocycles. The number of aromatic nitrogens is 5. The molecule has 0 atom stereocenters. The molecule has 3 aromatic heterocycles. The Balaban J connectivity index is 2.02. The summed E-state index contributed by atoms with van der Waals surface area (Å²) >= 11 is 0. The number of aryl methyl sites for hydroxylation is 1. The quantitative estimate of drug-likeness (QED) is 0.713. The van der Waals surface area contributed by atoms with Crippen molar-refractivity contribution < 1.29 is 13.6 Å². The van der Waals surface area contributed by atoms with Gasteiger partial charge < -0.3 is 10.6 Å². The maximum absolute atomic E-state index is 13.5. The fourth-order valence-corrected chi connectivity index (χ4v) is 2.35. The lowest BCUT2D eigenvalue weighted by molar-refractivity contribution is -0.114. The highest BCUT2D eigenvalue weighted by Gasteiger charge is 2.27. The molecule has 0 aliphatic carbocycles. The monoisotopic (exact) mass is 373 g/mol. The van der Waals surface area contributed by atoms with Crippen molar-refractivity contribution in [3.8, 4) is 11.3 Å². The smallest absolute Gasteiger partial charge is 0.288 e. The van der Waals surface area contributed by atoms with Gasteiger partial charge in [-0.2, -0.15) is 13.9 Å². The first-order valence-electron chi connectivity index (χ1n) is 7.97. The first-order valence-corrected chi connectivity index (χ1v) is 7.97. The minimum absolute atomic E-state index is 0.131. The van der Waals surface area contributed by atoms with E-state index >= 15 is 0 Å². The van der Waals surface area contributed by atoms with E-state index in [-0.39, 0.29) is 11.7 Å². The van der Waals surface area contributed by atoms with Crippen LogP contribution in [0.4, 0.5) is 26.1 Å². The molecule has 0 aliphatic heterocycles. The molecule has 10 heteroatoms. The molecule has 0 saturated carbocycles. The predicted octanol–water partition coefficient (Wildman–Crippen LogP) is 3.09. The van der Waals surface area contributed by atoms with Crippen molar-refractivity contribution in [3.63, 3.8) is 0 Å². The second-order valence-corrected chi connectivity index (χ2v) is 5.97. The van der Waals surface area contributed by atoms with Crippen molar-refractivity contribution in [2.24, 2.45) is 7.05 Å². The lowest BCUT2D eigenvalue weighted by Gasteiger charge is -2.14. The fourth-order valence-electron chi connectivity index (χ4n) is 2.35. The molecule has 0 spiro atoms. The zero-order valence-corrected chi connectivity index (χ0v) is 14.9. The van der Waals surface area contributed by atoms with E-state index in [1.807, 2.05) is 0 Å². The number of nitrogens with zero attached hydrogens (tertiary/aromatic N) is 5. The number of amides is 1. The van der Waals surface area contributed by atoms with E-state index < -0.39 is 11.6 Å². The van der Waals surface area contributed by atoms with Gasteiger partial charge in [-0.15, -0.1) is 0 Å². The molecule has 2 N–H and O–H groups in total. The Morgan fingerprint density at radius 2 is 2.00 bits per heavy atom. The van der Waals surface area contributed by atoms with Gasteiger partial charge in [0.2, 0.25) is 5.91 Å². The molecule has 0 bridgehead atoms. The Bertz CT molecular complexity index is 981. The normalized spacial score (nSPS) is 11.3. The Kier molecular flexibility index (Phi) is 4.80. The third-order valence-corrected chi connectivity index (χ3v) is 3.54. The highest BCUT2D eigenvalue weighted by Crippen LogP contribution is 2.31. The highest BCUT2D eigenvalue weighted by molar-refractivity contribution is 5.89. The Morgan fingerprint density at radius 1 is 1.22 bits per heavy atom. The van der Waals surface area contributed by atoms with Gasteiger partial charge in [-0.25, -0.2) is 9.97 Å². The summed E-state index contributed by atoms with van der Waals surface area (Å²) in [6.45, 7) is 2.11. The van der Waals surface area contributed by atoms with Crippen LogP contribution < -0.4 is 10.6 Å². The van der Waals surface area contributed by atoms with Crippen molar-refractivity contribution in [1.82, 2.24) is 24.7 Å². The molecule has 0 aliphatic rings. The number of nitrogens with one attached hydrogen (secondary N) is 2. The van der Waals surface area contributed by atoms with Gasteiger partial charge in [0.25, 0.3) is 5.92 Å². The van der Waals surface area contributed by atoms with Gasteiger partial charge in [0.1, 0.15) is 17.3 Å². The van der Waals surface area contributed by atoms with E-state index in [4.69, 9.17) is 0 Å². The Morgan fingerprint density at radius 3 is 2.63 bits per heavy atom. The van der Waals surface area contributed by atoms with Gasteiger partial charge in [0.15, 0.2) is 0 Å². The van der Waals surface area contributed by atoms with Crippen LogP contribution in [-0.4, -0.2) is 30.6 Å². The van der Waals surface area contributed by atoms with Crippen molar-refractivity contribution in [2.75, 3.05) is 10.6 Å². The summed E-state index contributed by atoms with van der Waals surface area (Å²) in [6, 6.07) is 3.35. The molecule has 0 unspecified atom stereocenters. The van der Waals surface area contributed by atoms with Crippen LogP contribution in [0.5, 0.6) is 0 Å². The number of rotatable bonds is 5. The molecule has 3 heterocycles.